The number of carbonyl (C=O) groups excluding carboxylic acids is 1. The summed E-state index contributed by atoms with van der Waals surface area (Å²) in [6, 6.07) is 4.31. The van der Waals surface area contributed by atoms with Gasteiger partial charge in [-0.25, -0.2) is 4.98 Å². The Kier molecular flexibility index (Phi) is 6.67. The van der Waals surface area contributed by atoms with Crippen molar-refractivity contribution in [2.75, 3.05) is 64.3 Å². The van der Waals surface area contributed by atoms with E-state index in [1.54, 1.807) is 0 Å². The summed E-state index contributed by atoms with van der Waals surface area (Å²) in [6.45, 7) is 10.3. The normalized spacial score (nSPS) is 21.6. The average Bonchev–Trinajstić information content (AvgIpc) is 3.12. The van der Waals surface area contributed by atoms with Crippen LogP contribution in [0.15, 0.2) is 18.3 Å². The molecule has 0 spiro atoms. The SMILES string of the molecule is Cc1cc2c(N3CCC[C@H](C(=O)NCCCN4CCN(C)CC4)C3)nccc2s1. The van der Waals surface area contributed by atoms with Crippen molar-refractivity contribution in [3.05, 3.63) is 23.2 Å². The van der Waals surface area contributed by atoms with Gasteiger partial charge in [0.05, 0.1) is 5.92 Å². The number of piperidine rings is 1. The molecule has 2 saturated heterocycles. The van der Waals surface area contributed by atoms with Gasteiger partial charge in [-0.3, -0.25) is 4.79 Å². The third-order valence-corrected chi connectivity index (χ3v) is 7.20. The van der Waals surface area contributed by atoms with E-state index in [0.29, 0.717) is 0 Å². The van der Waals surface area contributed by atoms with E-state index in [1.807, 2.05) is 17.5 Å². The van der Waals surface area contributed by atoms with Crippen molar-refractivity contribution < 1.29 is 4.79 Å². The van der Waals surface area contributed by atoms with Gasteiger partial charge in [0.1, 0.15) is 5.82 Å². The number of likely N-dealkylation sites (N-methyl/N-ethyl adjacent to an activating group) is 1. The Balaban J connectivity index is 1.27. The van der Waals surface area contributed by atoms with Crippen molar-refractivity contribution in [1.29, 1.82) is 0 Å². The van der Waals surface area contributed by atoms with E-state index in [4.69, 9.17) is 0 Å². The summed E-state index contributed by atoms with van der Waals surface area (Å²) in [6.07, 6.45) is 4.94. The molecule has 0 aliphatic carbocycles. The summed E-state index contributed by atoms with van der Waals surface area (Å²) in [4.78, 5) is 25.9. The second kappa shape index (κ2) is 9.41. The quantitative estimate of drug-likeness (QED) is 0.735. The number of carbonyl (C=O) groups is 1. The zero-order valence-corrected chi connectivity index (χ0v) is 18.5. The number of nitrogens with zero attached hydrogens (tertiary/aromatic N) is 4. The third kappa shape index (κ3) is 5.08. The molecule has 1 atom stereocenters. The molecule has 29 heavy (non-hydrogen) atoms. The summed E-state index contributed by atoms with van der Waals surface area (Å²) in [5, 5.41) is 4.42. The fourth-order valence-electron chi connectivity index (χ4n) is 4.44. The van der Waals surface area contributed by atoms with Crippen molar-refractivity contribution in [2.24, 2.45) is 5.92 Å². The number of pyridine rings is 1. The molecule has 2 aliphatic rings. The van der Waals surface area contributed by atoms with E-state index in [-0.39, 0.29) is 11.8 Å². The first-order valence-corrected chi connectivity index (χ1v) is 11.7. The van der Waals surface area contributed by atoms with E-state index in [2.05, 4.69) is 51.1 Å². The van der Waals surface area contributed by atoms with Crippen molar-refractivity contribution in [2.45, 2.75) is 26.2 Å². The summed E-state index contributed by atoms with van der Waals surface area (Å²) < 4.78 is 1.28. The monoisotopic (exact) mass is 415 g/mol. The molecule has 7 heteroatoms. The minimum atomic E-state index is 0.0594. The highest BCUT2D eigenvalue weighted by molar-refractivity contribution is 7.19. The molecule has 1 N–H and O–H groups in total. The first-order chi connectivity index (χ1) is 14.1. The van der Waals surface area contributed by atoms with Gasteiger partial charge in [-0.1, -0.05) is 0 Å². The first kappa shape index (κ1) is 20.6. The van der Waals surface area contributed by atoms with Gasteiger partial charge in [0.2, 0.25) is 5.91 Å². The summed E-state index contributed by atoms with van der Waals surface area (Å²) in [7, 11) is 2.18. The van der Waals surface area contributed by atoms with Crippen LogP contribution >= 0.6 is 11.3 Å². The van der Waals surface area contributed by atoms with E-state index in [9.17, 15) is 4.79 Å². The molecule has 4 rings (SSSR count). The molecule has 1 amide bonds. The van der Waals surface area contributed by atoms with Crippen LogP contribution in [0.1, 0.15) is 24.1 Å². The number of hydrogen-bond acceptors (Lipinski definition) is 6. The van der Waals surface area contributed by atoms with E-state index >= 15 is 0 Å². The number of piperazine rings is 1. The smallest absolute Gasteiger partial charge is 0.224 e. The zero-order valence-electron chi connectivity index (χ0n) is 17.7. The lowest BCUT2D eigenvalue weighted by molar-refractivity contribution is -0.125. The fraction of sp³-hybridized carbons (Fsp3) is 0.636. The van der Waals surface area contributed by atoms with Crippen LogP contribution in [-0.2, 0) is 4.79 Å². The number of aromatic nitrogens is 1. The highest BCUT2D eigenvalue weighted by Gasteiger charge is 2.27. The molecule has 2 aromatic rings. The van der Waals surface area contributed by atoms with Crippen LogP contribution < -0.4 is 10.2 Å². The highest BCUT2D eigenvalue weighted by Crippen LogP contribution is 2.33. The standard InChI is InChI=1S/C22H33N5OS/c1-17-15-19-20(29-17)6-8-23-21(19)27-10-3-5-18(16-27)22(28)24-7-4-9-26-13-11-25(2)12-14-26/h6,8,15,18H,3-5,7,9-14,16H2,1-2H3,(H,24,28)/t18-/m0/s1. The maximum absolute atomic E-state index is 12.8. The van der Waals surface area contributed by atoms with Gasteiger partial charge in [0.25, 0.3) is 0 Å². The van der Waals surface area contributed by atoms with Crippen LogP contribution in [0, 0.1) is 12.8 Å². The van der Waals surface area contributed by atoms with E-state index in [1.165, 1.54) is 15.0 Å². The van der Waals surface area contributed by atoms with Crippen molar-refractivity contribution in [3.63, 3.8) is 0 Å². The van der Waals surface area contributed by atoms with Gasteiger partial charge in [0, 0.05) is 67.0 Å². The Hall–Kier alpha value is -1.70. The predicted octanol–water partition coefficient (Wildman–Crippen LogP) is 2.57. The zero-order chi connectivity index (χ0) is 20.2. The minimum absolute atomic E-state index is 0.0594. The molecular formula is C22H33N5OS. The summed E-state index contributed by atoms with van der Waals surface area (Å²) in [5.74, 6) is 1.31. The number of anilines is 1. The predicted molar refractivity (Wildman–Crippen MR) is 121 cm³/mol. The van der Waals surface area contributed by atoms with E-state index in [0.717, 1.165) is 77.4 Å². The number of nitrogens with one attached hydrogen (secondary N) is 1. The number of aryl methyl sites for hydroxylation is 1. The Bertz CT molecular complexity index is 830. The number of fused-ring (bicyclic) bond motifs is 1. The van der Waals surface area contributed by atoms with Crippen LogP contribution in [-0.4, -0.2) is 80.1 Å². The van der Waals surface area contributed by atoms with Crippen molar-refractivity contribution >= 4 is 33.1 Å². The Morgan fingerprint density at radius 2 is 2.10 bits per heavy atom. The van der Waals surface area contributed by atoms with Crippen molar-refractivity contribution in [3.8, 4) is 0 Å². The average molecular weight is 416 g/mol. The maximum atomic E-state index is 12.8. The van der Waals surface area contributed by atoms with Crippen LogP contribution in [0.25, 0.3) is 10.1 Å². The molecule has 2 aliphatic heterocycles. The Morgan fingerprint density at radius 3 is 2.93 bits per heavy atom. The molecule has 0 unspecified atom stereocenters. The fourth-order valence-corrected chi connectivity index (χ4v) is 5.35. The molecule has 2 aromatic heterocycles. The van der Waals surface area contributed by atoms with Gasteiger partial charge in [-0.15, -0.1) is 11.3 Å². The van der Waals surface area contributed by atoms with Crippen molar-refractivity contribution in [1.82, 2.24) is 20.1 Å². The third-order valence-electron chi connectivity index (χ3n) is 6.19. The topological polar surface area (TPSA) is 51.7 Å². The van der Waals surface area contributed by atoms with E-state index < -0.39 is 0 Å². The molecule has 6 nitrogen and oxygen atoms in total. The van der Waals surface area contributed by atoms with Crippen LogP contribution in [0.5, 0.6) is 0 Å². The second-order valence-electron chi connectivity index (χ2n) is 8.48. The number of rotatable bonds is 6. The number of hydrogen-bond donors (Lipinski definition) is 1. The van der Waals surface area contributed by atoms with Crippen LogP contribution in [0.4, 0.5) is 5.82 Å². The number of amides is 1. The molecule has 0 saturated carbocycles. The van der Waals surface area contributed by atoms with Gasteiger partial charge in [-0.05, 0) is 51.9 Å². The Morgan fingerprint density at radius 1 is 1.28 bits per heavy atom. The van der Waals surface area contributed by atoms with Crippen LogP contribution in [0.3, 0.4) is 0 Å². The van der Waals surface area contributed by atoms with Gasteiger partial charge in [0.15, 0.2) is 0 Å². The van der Waals surface area contributed by atoms with Gasteiger partial charge >= 0.3 is 0 Å². The molecule has 158 valence electrons. The molecule has 2 fully saturated rings. The minimum Gasteiger partial charge on any atom is -0.356 e. The molecule has 0 radical (unpaired) electrons. The second-order valence-corrected chi connectivity index (χ2v) is 9.77. The van der Waals surface area contributed by atoms with Crippen LogP contribution in [0.2, 0.25) is 0 Å². The molecular weight excluding hydrogens is 382 g/mol. The molecule has 0 bridgehead atoms. The number of thiophene rings is 1. The Labute approximate surface area is 177 Å². The summed E-state index contributed by atoms with van der Waals surface area (Å²) in [5.41, 5.74) is 0. The van der Waals surface area contributed by atoms with Gasteiger partial charge in [-0.2, -0.15) is 0 Å². The molecule has 0 aromatic carbocycles. The largest absolute Gasteiger partial charge is 0.356 e. The first-order valence-electron chi connectivity index (χ1n) is 10.9. The summed E-state index contributed by atoms with van der Waals surface area (Å²) >= 11 is 1.81. The lowest BCUT2D eigenvalue weighted by atomic mass is 9.97. The maximum Gasteiger partial charge on any atom is 0.224 e. The molecule has 4 heterocycles. The lowest BCUT2D eigenvalue weighted by Crippen LogP contribution is -2.46. The highest BCUT2D eigenvalue weighted by atomic mass is 32.1. The van der Waals surface area contributed by atoms with Gasteiger partial charge < -0.3 is 20.0 Å². The lowest BCUT2D eigenvalue weighted by Gasteiger charge is -2.33.